The maximum absolute atomic E-state index is 13.3. The lowest BCUT2D eigenvalue weighted by Gasteiger charge is -2.21. The Kier molecular flexibility index (Phi) is 7.92. The quantitative estimate of drug-likeness (QED) is 0.645. The second-order valence-corrected chi connectivity index (χ2v) is 7.10. The van der Waals surface area contributed by atoms with Crippen molar-refractivity contribution in [1.82, 2.24) is 10.6 Å². The largest absolute Gasteiger partial charge is 0.355 e. The molecule has 0 radical (unpaired) electrons. The molecule has 0 aliphatic carbocycles. The predicted octanol–water partition coefficient (Wildman–Crippen LogP) is 4.24. The van der Waals surface area contributed by atoms with Gasteiger partial charge in [-0.1, -0.05) is 38.1 Å². The Morgan fingerprint density at radius 2 is 1.41 bits per heavy atom. The zero-order chi connectivity index (χ0) is 19.8. The number of carbonyl (C=O) groups is 1. The van der Waals surface area contributed by atoms with Crippen molar-refractivity contribution in [3.8, 4) is 0 Å². The second-order valence-electron chi connectivity index (χ2n) is 7.10. The van der Waals surface area contributed by atoms with Gasteiger partial charge < -0.3 is 10.6 Å². The summed E-state index contributed by atoms with van der Waals surface area (Å²) in [6.07, 6.45) is 1.53. The fraction of sp³-hybridized carbons (Fsp3) is 0.409. The summed E-state index contributed by atoms with van der Waals surface area (Å²) in [5.41, 5.74) is 1.95. The van der Waals surface area contributed by atoms with Gasteiger partial charge in [0.2, 0.25) is 5.91 Å². The molecule has 0 saturated carbocycles. The molecule has 1 unspecified atom stereocenters. The molecule has 0 spiro atoms. The van der Waals surface area contributed by atoms with Crippen molar-refractivity contribution in [1.29, 1.82) is 0 Å². The molecule has 0 aromatic heterocycles. The first kappa shape index (κ1) is 21.0. The van der Waals surface area contributed by atoms with Crippen LogP contribution in [0.5, 0.6) is 0 Å². The molecule has 2 aromatic rings. The Morgan fingerprint density at radius 3 is 1.81 bits per heavy atom. The van der Waals surface area contributed by atoms with E-state index in [9.17, 15) is 13.6 Å². The monoisotopic (exact) mass is 374 g/mol. The van der Waals surface area contributed by atoms with Gasteiger partial charge in [0.05, 0.1) is 6.04 Å². The number of amides is 1. The van der Waals surface area contributed by atoms with Crippen molar-refractivity contribution >= 4 is 5.91 Å². The lowest BCUT2D eigenvalue weighted by molar-refractivity contribution is -0.124. The third kappa shape index (κ3) is 6.14. The van der Waals surface area contributed by atoms with E-state index in [2.05, 4.69) is 10.6 Å². The molecular formula is C22H28F2N2O. The number of halogens is 2. The van der Waals surface area contributed by atoms with Crippen molar-refractivity contribution in [3.05, 3.63) is 71.3 Å². The van der Waals surface area contributed by atoms with Crippen LogP contribution < -0.4 is 10.6 Å². The molecule has 0 fully saturated rings. The number of nitrogens with one attached hydrogen (secondary N) is 2. The van der Waals surface area contributed by atoms with Crippen LogP contribution in [-0.4, -0.2) is 25.5 Å². The smallest absolute Gasteiger partial charge is 0.237 e. The zero-order valence-electron chi connectivity index (χ0n) is 16.1. The summed E-state index contributed by atoms with van der Waals surface area (Å²) in [4.78, 5) is 12.2. The Balaban J connectivity index is 2.01. The van der Waals surface area contributed by atoms with Crippen LogP contribution in [0, 0.1) is 17.6 Å². The molecule has 27 heavy (non-hydrogen) atoms. The van der Waals surface area contributed by atoms with Gasteiger partial charge in [-0.25, -0.2) is 8.78 Å². The molecule has 146 valence electrons. The van der Waals surface area contributed by atoms with Gasteiger partial charge in [-0.3, -0.25) is 4.79 Å². The minimum Gasteiger partial charge on any atom is -0.355 e. The van der Waals surface area contributed by atoms with E-state index < -0.39 is 0 Å². The first-order valence-corrected chi connectivity index (χ1v) is 9.38. The van der Waals surface area contributed by atoms with E-state index in [0.29, 0.717) is 6.54 Å². The molecule has 2 aromatic carbocycles. The lowest BCUT2D eigenvalue weighted by atomic mass is 9.87. The molecule has 3 nitrogen and oxygen atoms in total. The standard InChI is InChI=1S/C22H28F2N2O/c1-15(2)21(25-3)22(27)26-14-4-5-20(16-6-10-18(23)11-7-16)17-8-12-19(24)13-9-17/h6-13,15,20-21,25H,4-5,14H2,1-3H3,(H,26,27). The normalized spacial score (nSPS) is 12.4. The van der Waals surface area contributed by atoms with Crippen LogP contribution in [0.3, 0.4) is 0 Å². The molecule has 0 bridgehead atoms. The fourth-order valence-corrected chi connectivity index (χ4v) is 3.31. The number of benzene rings is 2. The number of hydrogen-bond acceptors (Lipinski definition) is 2. The number of carbonyl (C=O) groups excluding carboxylic acids is 1. The fourth-order valence-electron chi connectivity index (χ4n) is 3.31. The Morgan fingerprint density at radius 1 is 0.926 bits per heavy atom. The molecule has 0 saturated heterocycles. The second kappa shape index (κ2) is 10.2. The molecular weight excluding hydrogens is 346 g/mol. The van der Waals surface area contributed by atoms with Gasteiger partial charge >= 0.3 is 0 Å². The molecule has 1 atom stereocenters. The summed E-state index contributed by atoms with van der Waals surface area (Å²) in [5, 5.41) is 6.00. The average molecular weight is 374 g/mol. The summed E-state index contributed by atoms with van der Waals surface area (Å²) >= 11 is 0. The molecule has 1 amide bonds. The first-order valence-electron chi connectivity index (χ1n) is 9.38. The van der Waals surface area contributed by atoms with Crippen LogP contribution in [0.4, 0.5) is 8.78 Å². The lowest BCUT2D eigenvalue weighted by Crippen LogP contribution is -2.46. The van der Waals surface area contributed by atoms with E-state index in [1.807, 2.05) is 13.8 Å². The van der Waals surface area contributed by atoms with Crippen LogP contribution in [0.1, 0.15) is 43.7 Å². The molecule has 0 aliphatic rings. The summed E-state index contributed by atoms with van der Waals surface area (Å²) in [7, 11) is 1.78. The molecule has 5 heteroatoms. The van der Waals surface area contributed by atoms with Crippen LogP contribution in [0.2, 0.25) is 0 Å². The first-order chi connectivity index (χ1) is 12.9. The highest BCUT2D eigenvalue weighted by atomic mass is 19.1. The minimum absolute atomic E-state index is 0.00684. The van der Waals surface area contributed by atoms with E-state index in [1.54, 1.807) is 31.3 Å². The highest BCUT2D eigenvalue weighted by Gasteiger charge is 2.20. The van der Waals surface area contributed by atoms with Crippen LogP contribution in [0.25, 0.3) is 0 Å². The molecule has 0 aliphatic heterocycles. The molecule has 2 rings (SSSR count). The van der Waals surface area contributed by atoms with Gasteiger partial charge in [-0.05, 0) is 61.2 Å². The summed E-state index contributed by atoms with van der Waals surface area (Å²) in [6, 6.07) is 12.6. The van der Waals surface area contributed by atoms with Gasteiger partial charge in [-0.2, -0.15) is 0 Å². The number of rotatable bonds is 9. The Hall–Kier alpha value is -2.27. The highest BCUT2D eigenvalue weighted by molar-refractivity contribution is 5.81. The van der Waals surface area contributed by atoms with E-state index in [1.165, 1.54) is 24.3 Å². The SMILES string of the molecule is CNC(C(=O)NCCCC(c1ccc(F)cc1)c1ccc(F)cc1)C(C)C. The third-order valence-corrected chi connectivity index (χ3v) is 4.77. The summed E-state index contributed by atoms with van der Waals surface area (Å²) in [5.74, 6) is -0.339. The van der Waals surface area contributed by atoms with Crippen molar-refractivity contribution in [2.75, 3.05) is 13.6 Å². The topological polar surface area (TPSA) is 41.1 Å². The minimum atomic E-state index is -0.282. The number of hydrogen-bond donors (Lipinski definition) is 2. The van der Waals surface area contributed by atoms with Crippen LogP contribution in [0.15, 0.2) is 48.5 Å². The zero-order valence-corrected chi connectivity index (χ0v) is 16.1. The Bertz CT molecular complexity index is 669. The van der Waals surface area contributed by atoms with Crippen molar-refractivity contribution < 1.29 is 13.6 Å². The van der Waals surface area contributed by atoms with Gasteiger partial charge in [-0.15, -0.1) is 0 Å². The van der Waals surface area contributed by atoms with Gasteiger partial charge in [0, 0.05) is 12.5 Å². The van der Waals surface area contributed by atoms with E-state index >= 15 is 0 Å². The van der Waals surface area contributed by atoms with Gasteiger partial charge in [0.1, 0.15) is 11.6 Å². The van der Waals surface area contributed by atoms with E-state index in [4.69, 9.17) is 0 Å². The number of likely N-dealkylation sites (N-methyl/N-ethyl adjacent to an activating group) is 1. The van der Waals surface area contributed by atoms with Gasteiger partial charge in [0.25, 0.3) is 0 Å². The summed E-state index contributed by atoms with van der Waals surface area (Å²) < 4.78 is 26.5. The molecule has 0 heterocycles. The van der Waals surface area contributed by atoms with Crippen molar-refractivity contribution in [2.24, 2.45) is 5.92 Å². The summed E-state index contributed by atoms with van der Waals surface area (Å²) in [6.45, 7) is 4.56. The maximum Gasteiger partial charge on any atom is 0.237 e. The third-order valence-electron chi connectivity index (χ3n) is 4.77. The Labute approximate surface area is 160 Å². The van der Waals surface area contributed by atoms with Crippen molar-refractivity contribution in [3.63, 3.8) is 0 Å². The van der Waals surface area contributed by atoms with E-state index in [-0.39, 0.29) is 35.4 Å². The van der Waals surface area contributed by atoms with E-state index in [0.717, 1.165) is 24.0 Å². The highest BCUT2D eigenvalue weighted by Crippen LogP contribution is 2.29. The molecule has 2 N–H and O–H groups in total. The van der Waals surface area contributed by atoms with Crippen molar-refractivity contribution in [2.45, 2.75) is 38.6 Å². The average Bonchev–Trinajstić information content (AvgIpc) is 2.64. The maximum atomic E-state index is 13.3. The van der Waals surface area contributed by atoms with Crippen LogP contribution in [-0.2, 0) is 4.79 Å². The van der Waals surface area contributed by atoms with Gasteiger partial charge in [0.15, 0.2) is 0 Å². The van der Waals surface area contributed by atoms with Crippen LogP contribution >= 0.6 is 0 Å². The predicted molar refractivity (Wildman–Crippen MR) is 105 cm³/mol.